The van der Waals surface area contributed by atoms with Gasteiger partial charge in [0, 0.05) is 11.1 Å². The molecule has 7 heteroatoms. The van der Waals surface area contributed by atoms with E-state index in [0.717, 1.165) is 6.42 Å². The minimum atomic E-state index is -0.532. The van der Waals surface area contributed by atoms with Crippen molar-refractivity contribution in [3.8, 4) is 10.6 Å². The van der Waals surface area contributed by atoms with Gasteiger partial charge < -0.3 is 11.1 Å². The molecule has 3 N–H and O–H groups in total. The van der Waals surface area contributed by atoms with Crippen molar-refractivity contribution in [1.82, 2.24) is 10.2 Å². The van der Waals surface area contributed by atoms with E-state index in [1.807, 2.05) is 30.3 Å². The van der Waals surface area contributed by atoms with Crippen LogP contribution in [0.2, 0.25) is 0 Å². The largest absolute Gasteiger partial charge is 0.366 e. The maximum absolute atomic E-state index is 12.0. The molecule has 0 bridgehead atoms. The Kier molecular flexibility index (Phi) is 5.70. The summed E-state index contributed by atoms with van der Waals surface area (Å²) in [6.45, 7) is 0. The number of amides is 2. The Morgan fingerprint density at radius 3 is 2.54 bits per heavy atom. The van der Waals surface area contributed by atoms with Crippen molar-refractivity contribution in [2.24, 2.45) is 5.73 Å². The number of primary amides is 1. The second-order valence-corrected chi connectivity index (χ2v) is 6.52. The Balaban J connectivity index is 1.58. The zero-order valence-corrected chi connectivity index (χ0v) is 14.7. The molecule has 2 aromatic carbocycles. The van der Waals surface area contributed by atoms with Crippen LogP contribution in [0.4, 0.5) is 5.13 Å². The molecule has 2 amide bonds. The summed E-state index contributed by atoms with van der Waals surface area (Å²) in [5.74, 6) is -0.762. The lowest BCUT2D eigenvalue weighted by Gasteiger charge is -2.02. The van der Waals surface area contributed by atoms with Gasteiger partial charge >= 0.3 is 0 Å². The van der Waals surface area contributed by atoms with Gasteiger partial charge in [-0.3, -0.25) is 9.59 Å². The van der Waals surface area contributed by atoms with E-state index >= 15 is 0 Å². The molecule has 131 valence electrons. The molecular formula is C19H17N4O2S. The molecule has 0 saturated carbocycles. The van der Waals surface area contributed by atoms with Crippen molar-refractivity contribution in [2.45, 2.75) is 12.8 Å². The third kappa shape index (κ3) is 4.52. The fourth-order valence-corrected chi connectivity index (χ4v) is 3.22. The molecule has 0 unspecified atom stereocenters. The maximum atomic E-state index is 12.0. The number of aromatic nitrogens is 2. The summed E-state index contributed by atoms with van der Waals surface area (Å²) >= 11 is 1.19. The highest BCUT2D eigenvalue weighted by atomic mass is 32.1. The van der Waals surface area contributed by atoms with Crippen LogP contribution in [-0.4, -0.2) is 22.0 Å². The van der Waals surface area contributed by atoms with Crippen LogP contribution in [0.5, 0.6) is 0 Å². The van der Waals surface area contributed by atoms with Gasteiger partial charge in [0.25, 0.3) is 0 Å². The van der Waals surface area contributed by atoms with Crippen LogP contribution < -0.4 is 11.1 Å². The number of anilines is 1. The van der Waals surface area contributed by atoms with Crippen molar-refractivity contribution < 1.29 is 9.59 Å². The third-order valence-corrected chi connectivity index (χ3v) is 4.56. The van der Waals surface area contributed by atoms with Crippen molar-refractivity contribution in [2.75, 3.05) is 5.32 Å². The number of nitrogens with zero attached hydrogens (tertiary/aromatic N) is 2. The van der Waals surface area contributed by atoms with Crippen molar-refractivity contribution in [1.29, 1.82) is 0 Å². The van der Waals surface area contributed by atoms with Gasteiger partial charge in [-0.05, 0) is 24.5 Å². The Hall–Kier alpha value is -3.06. The molecule has 1 aromatic heterocycles. The van der Waals surface area contributed by atoms with Crippen LogP contribution in [0.3, 0.4) is 0 Å². The number of rotatable bonds is 7. The van der Waals surface area contributed by atoms with Crippen LogP contribution in [0.1, 0.15) is 22.3 Å². The Morgan fingerprint density at radius 2 is 1.77 bits per heavy atom. The number of nitrogens with one attached hydrogen (secondary N) is 1. The van der Waals surface area contributed by atoms with E-state index in [2.05, 4.69) is 15.5 Å². The summed E-state index contributed by atoms with van der Waals surface area (Å²) in [4.78, 5) is 23.5. The molecule has 1 radical (unpaired) electrons. The first kappa shape index (κ1) is 17.8. The predicted octanol–water partition coefficient (Wildman–Crippen LogP) is 3.08. The van der Waals surface area contributed by atoms with E-state index in [0.29, 0.717) is 27.7 Å². The summed E-state index contributed by atoms with van der Waals surface area (Å²) in [5, 5.41) is 11.6. The molecule has 0 spiro atoms. The lowest BCUT2D eigenvalue weighted by atomic mass is 10.1. The van der Waals surface area contributed by atoms with Gasteiger partial charge in [0.15, 0.2) is 0 Å². The first-order chi connectivity index (χ1) is 12.6. The van der Waals surface area contributed by atoms with E-state index in [-0.39, 0.29) is 5.91 Å². The Labute approximate surface area is 155 Å². The average Bonchev–Trinajstić information content (AvgIpc) is 3.11. The fraction of sp³-hybridized carbons (Fsp3) is 0.105. The van der Waals surface area contributed by atoms with Gasteiger partial charge in [0.1, 0.15) is 5.01 Å². The fourth-order valence-electron chi connectivity index (χ4n) is 2.44. The summed E-state index contributed by atoms with van der Waals surface area (Å²) in [7, 11) is 0. The highest BCUT2D eigenvalue weighted by Crippen LogP contribution is 2.29. The summed E-state index contributed by atoms with van der Waals surface area (Å²) in [6.07, 6.45) is 3.01. The third-order valence-electron chi connectivity index (χ3n) is 3.68. The first-order valence-electron chi connectivity index (χ1n) is 8.04. The molecule has 6 nitrogen and oxygen atoms in total. The van der Waals surface area contributed by atoms with Crippen molar-refractivity contribution in [3.63, 3.8) is 0 Å². The van der Waals surface area contributed by atoms with E-state index in [9.17, 15) is 9.59 Å². The Morgan fingerprint density at radius 1 is 1.04 bits per heavy atom. The molecule has 0 aliphatic heterocycles. The molecule has 0 fully saturated rings. The number of nitrogens with two attached hydrogens (primary N) is 1. The number of carbonyl (C=O) groups excluding carboxylic acids is 2. The SMILES string of the molecule is NC(=O)c1ccccc1-c1nnc(NC(=O)[CH]CCc2ccccc2)s1. The van der Waals surface area contributed by atoms with Crippen LogP contribution in [0.25, 0.3) is 10.6 Å². The highest BCUT2D eigenvalue weighted by molar-refractivity contribution is 7.18. The molecular weight excluding hydrogens is 348 g/mol. The Bertz CT molecular complexity index is 909. The molecule has 26 heavy (non-hydrogen) atoms. The predicted molar refractivity (Wildman–Crippen MR) is 102 cm³/mol. The van der Waals surface area contributed by atoms with E-state index < -0.39 is 5.91 Å². The lowest BCUT2D eigenvalue weighted by molar-refractivity contribution is -0.113. The highest BCUT2D eigenvalue weighted by Gasteiger charge is 2.15. The number of hydrogen-bond acceptors (Lipinski definition) is 5. The molecule has 0 atom stereocenters. The van der Waals surface area contributed by atoms with Crippen molar-refractivity contribution >= 4 is 28.3 Å². The second-order valence-electron chi connectivity index (χ2n) is 5.54. The van der Waals surface area contributed by atoms with Crippen LogP contribution in [0.15, 0.2) is 54.6 Å². The monoisotopic (exact) mass is 365 g/mol. The molecule has 1 heterocycles. The number of hydrogen-bond donors (Lipinski definition) is 2. The summed E-state index contributed by atoms with van der Waals surface area (Å²) in [6, 6.07) is 16.9. The summed E-state index contributed by atoms with van der Waals surface area (Å²) in [5.41, 5.74) is 7.54. The zero-order valence-electron chi connectivity index (χ0n) is 13.9. The number of benzene rings is 2. The molecule has 0 aliphatic carbocycles. The topological polar surface area (TPSA) is 98.0 Å². The molecule has 0 saturated heterocycles. The van der Waals surface area contributed by atoms with Gasteiger partial charge in [0.05, 0.1) is 6.42 Å². The van der Waals surface area contributed by atoms with Crippen molar-refractivity contribution in [3.05, 3.63) is 72.1 Å². The lowest BCUT2D eigenvalue weighted by Crippen LogP contribution is -2.12. The smallest absolute Gasteiger partial charge is 0.249 e. The van der Waals surface area contributed by atoms with E-state index in [1.54, 1.807) is 30.7 Å². The van der Waals surface area contributed by atoms with Crippen LogP contribution in [0, 0.1) is 6.42 Å². The minimum Gasteiger partial charge on any atom is -0.366 e. The summed E-state index contributed by atoms with van der Waals surface area (Å²) < 4.78 is 0. The maximum Gasteiger partial charge on any atom is 0.249 e. The number of aryl methyl sites for hydroxylation is 1. The van der Waals surface area contributed by atoms with Gasteiger partial charge in [-0.1, -0.05) is 59.9 Å². The van der Waals surface area contributed by atoms with Crippen LogP contribution >= 0.6 is 11.3 Å². The minimum absolute atomic E-state index is 0.230. The molecule has 3 rings (SSSR count). The molecule has 3 aromatic rings. The second kappa shape index (κ2) is 8.35. The zero-order chi connectivity index (χ0) is 18.4. The van der Waals surface area contributed by atoms with E-state index in [4.69, 9.17) is 5.73 Å². The normalized spacial score (nSPS) is 10.5. The number of carbonyl (C=O) groups is 2. The van der Waals surface area contributed by atoms with E-state index in [1.165, 1.54) is 16.9 Å². The van der Waals surface area contributed by atoms with Gasteiger partial charge in [-0.15, -0.1) is 10.2 Å². The first-order valence-corrected chi connectivity index (χ1v) is 8.86. The quantitative estimate of drug-likeness (QED) is 0.672. The standard InChI is InChI=1S/C19H17N4O2S/c20-17(25)14-10-4-5-11-15(14)18-22-23-19(26-18)21-16(24)12-6-9-13-7-2-1-3-8-13/h1-5,7-8,10-12H,6,9H2,(H2,20,25)(H,21,23,24). The average molecular weight is 365 g/mol. The van der Waals surface area contributed by atoms with Gasteiger partial charge in [-0.2, -0.15) is 0 Å². The molecule has 0 aliphatic rings. The van der Waals surface area contributed by atoms with Crippen LogP contribution in [-0.2, 0) is 11.2 Å². The van der Waals surface area contributed by atoms with Gasteiger partial charge in [-0.25, -0.2) is 0 Å². The van der Waals surface area contributed by atoms with Gasteiger partial charge in [0.2, 0.25) is 16.9 Å².